The molecule has 0 saturated heterocycles. The summed E-state index contributed by atoms with van der Waals surface area (Å²) in [7, 11) is 0. The van der Waals surface area contributed by atoms with Crippen LogP contribution < -0.4 is 0 Å². The molecule has 0 aliphatic heterocycles. The fourth-order valence-corrected chi connectivity index (χ4v) is 7.24. The molecular weight excluding hydrogens is 516 g/mol. The van der Waals surface area contributed by atoms with Crippen molar-refractivity contribution in [1.82, 2.24) is 0 Å². The molecule has 3 aliphatic carbocycles. The van der Waals surface area contributed by atoms with E-state index in [4.69, 9.17) is 14.2 Å². The lowest BCUT2D eigenvalue weighted by atomic mass is 9.55. The number of rotatable bonds is 5. The number of allylic oxidation sites excluding steroid dienone is 1. The predicted molar refractivity (Wildman–Crippen MR) is 144 cm³/mol. The number of fused-ring (bicyclic) bond motifs is 2. The highest BCUT2D eigenvalue weighted by Crippen LogP contribution is 2.65. The number of carbonyl (C=O) groups is 4. The fraction of sp³-hybridized carbons (Fsp3) is 0.548. The van der Waals surface area contributed by atoms with Crippen molar-refractivity contribution in [2.45, 2.75) is 90.8 Å². The second-order valence-corrected chi connectivity index (χ2v) is 12.0. The molecule has 9 heteroatoms. The van der Waals surface area contributed by atoms with Crippen molar-refractivity contribution in [3.8, 4) is 0 Å². The number of esters is 3. The molecule has 40 heavy (non-hydrogen) atoms. The van der Waals surface area contributed by atoms with Crippen LogP contribution in [0, 0.1) is 16.7 Å². The molecule has 0 bridgehead atoms. The van der Waals surface area contributed by atoms with E-state index in [1.54, 1.807) is 37.3 Å². The maximum atomic E-state index is 13.6. The van der Waals surface area contributed by atoms with Crippen molar-refractivity contribution in [1.29, 1.82) is 0 Å². The molecule has 0 radical (unpaired) electrons. The van der Waals surface area contributed by atoms with Crippen LogP contribution >= 0.6 is 0 Å². The van der Waals surface area contributed by atoms with Crippen LogP contribution in [0.2, 0.25) is 0 Å². The SMILES string of the molecule is C=C1[C@@H](O)CC[C@@]2(C)[C@@H](OC(C)=O)[C@H](OC(=O)c3ccccc3)C3=C(C)C(=O)C[C@@]3(C(C)(C)O)[C@@H](OC(C)=O)[C@H]12. The number of aliphatic hydroxyl groups is 2. The highest BCUT2D eigenvalue weighted by atomic mass is 16.6. The van der Waals surface area contributed by atoms with Gasteiger partial charge in [-0.1, -0.05) is 31.7 Å². The van der Waals surface area contributed by atoms with E-state index in [1.807, 2.05) is 6.92 Å². The molecule has 2 saturated carbocycles. The molecule has 2 fully saturated rings. The summed E-state index contributed by atoms with van der Waals surface area (Å²) in [5, 5.41) is 22.9. The van der Waals surface area contributed by atoms with E-state index in [2.05, 4.69) is 6.58 Å². The second kappa shape index (κ2) is 10.3. The van der Waals surface area contributed by atoms with E-state index in [0.29, 0.717) is 5.57 Å². The largest absolute Gasteiger partial charge is 0.461 e. The molecule has 0 heterocycles. The minimum absolute atomic E-state index is 0.232. The number of Topliss-reactive ketones (excluding diaryl/α,β-unsaturated/α-hetero) is 1. The summed E-state index contributed by atoms with van der Waals surface area (Å²) in [6.45, 7) is 13.0. The lowest BCUT2D eigenvalue weighted by Gasteiger charge is -2.53. The zero-order valence-corrected chi connectivity index (χ0v) is 23.9. The number of ether oxygens (including phenoxy) is 3. The number of aliphatic hydroxyl groups excluding tert-OH is 1. The van der Waals surface area contributed by atoms with Crippen molar-refractivity contribution < 1.29 is 43.6 Å². The third-order valence-corrected chi connectivity index (χ3v) is 9.16. The first-order valence-electron chi connectivity index (χ1n) is 13.5. The maximum Gasteiger partial charge on any atom is 0.338 e. The number of ketones is 1. The van der Waals surface area contributed by atoms with Gasteiger partial charge in [0, 0.05) is 31.6 Å². The second-order valence-electron chi connectivity index (χ2n) is 12.0. The molecule has 216 valence electrons. The molecule has 0 aromatic heterocycles. The van der Waals surface area contributed by atoms with Crippen LogP contribution in [0.15, 0.2) is 53.6 Å². The Morgan fingerprint density at radius 2 is 1.60 bits per heavy atom. The van der Waals surface area contributed by atoms with Gasteiger partial charge in [-0.3, -0.25) is 14.4 Å². The molecule has 7 atom stereocenters. The minimum atomic E-state index is -1.71. The summed E-state index contributed by atoms with van der Waals surface area (Å²) in [6.07, 6.45) is -4.35. The molecule has 1 aromatic rings. The van der Waals surface area contributed by atoms with E-state index < -0.39 is 64.7 Å². The van der Waals surface area contributed by atoms with E-state index in [9.17, 15) is 29.4 Å². The highest BCUT2D eigenvalue weighted by Gasteiger charge is 2.71. The zero-order valence-electron chi connectivity index (χ0n) is 23.9. The molecule has 3 aliphatic rings. The molecular formula is C31H38O9. The van der Waals surface area contributed by atoms with Gasteiger partial charge in [-0.15, -0.1) is 0 Å². The summed E-state index contributed by atoms with van der Waals surface area (Å²) in [5.74, 6) is -3.23. The fourth-order valence-electron chi connectivity index (χ4n) is 7.24. The number of hydrogen-bond acceptors (Lipinski definition) is 9. The lowest BCUT2D eigenvalue weighted by molar-refractivity contribution is -0.187. The first-order valence-corrected chi connectivity index (χ1v) is 13.5. The van der Waals surface area contributed by atoms with Gasteiger partial charge in [0.2, 0.25) is 0 Å². The predicted octanol–water partition coefficient (Wildman–Crippen LogP) is 3.47. The third-order valence-electron chi connectivity index (χ3n) is 9.16. The van der Waals surface area contributed by atoms with Crippen molar-refractivity contribution in [2.75, 3.05) is 0 Å². The van der Waals surface area contributed by atoms with Crippen LogP contribution in [0.25, 0.3) is 0 Å². The summed E-state index contributed by atoms with van der Waals surface area (Å²) in [4.78, 5) is 52.3. The highest BCUT2D eigenvalue weighted by molar-refractivity contribution is 6.00. The van der Waals surface area contributed by atoms with Crippen molar-refractivity contribution >= 4 is 23.7 Å². The number of benzene rings is 1. The Hall–Kier alpha value is -3.30. The van der Waals surface area contributed by atoms with Crippen molar-refractivity contribution in [2.24, 2.45) is 16.7 Å². The Morgan fingerprint density at radius 3 is 2.15 bits per heavy atom. The van der Waals surface area contributed by atoms with Crippen LogP contribution in [-0.2, 0) is 28.6 Å². The van der Waals surface area contributed by atoms with E-state index >= 15 is 0 Å². The van der Waals surface area contributed by atoms with Crippen LogP contribution in [0.1, 0.15) is 71.2 Å². The van der Waals surface area contributed by atoms with E-state index in [-0.39, 0.29) is 41.8 Å². The summed E-state index contributed by atoms with van der Waals surface area (Å²) < 4.78 is 18.2. The average molecular weight is 555 g/mol. The Labute approximate surface area is 234 Å². The number of carbonyl (C=O) groups excluding carboxylic acids is 4. The van der Waals surface area contributed by atoms with Gasteiger partial charge >= 0.3 is 17.9 Å². The average Bonchev–Trinajstić information content (AvgIpc) is 3.11. The Bertz CT molecular complexity index is 1270. The van der Waals surface area contributed by atoms with Crippen LogP contribution in [-0.4, -0.2) is 63.9 Å². The van der Waals surface area contributed by atoms with Gasteiger partial charge in [0.05, 0.1) is 22.7 Å². The van der Waals surface area contributed by atoms with Gasteiger partial charge in [0.25, 0.3) is 0 Å². The summed E-state index contributed by atoms with van der Waals surface area (Å²) in [5.41, 5.74) is -3.34. The Kier molecular flexibility index (Phi) is 7.62. The van der Waals surface area contributed by atoms with Gasteiger partial charge in [-0.2, -0.15) is 0 Å². The Balaban J connectivity index is 2.09. The lowest BCUT2D eigenvalue weighted by Crippen LogP contribution is -2.59. The third kappa shape index (κ3) is 4.59. The van der Waals surface area contributed by atoms with Gasteiger partial charge in [0.15, 0.2) is 11.9 Å². The minimum Gasteiger partial charge on any atom is -0.461 e. The van der Waals surface area contributed by atoms with Gasteiger partial charge in [-0.05, 0) is 62.5 Å². The quantitative estimate of drug-likeness (QED) is 0.318. The van der Waals surface area contributed by atoms with Crippen LogP contribution in [0.4, 0.5) is 0 Å². The monoisotopic (exact) mass is 554 g/mol. The Morgan fingerprint density at radius 1 is 1.02 bits per heavy atom. The van der Waals surface area contributed by atoms with Crippen molar-refractivity contribution in [3.05, 3.63) is 59.2 Å². The van der Waals surface area contributed by atoms with Crippen molar-refractivity contribution in [3.63, 3.8) is 0 Å². The molecule has 2 N–H and O–H groups in total. The normalized spacial score (nSPS) is 34.0. The zero-order chi connectivity index (χ0) is 29.8. The molecule has 0 amide bonds. The maximum absolute atomic E-state index is 13.6. The molecule has 0 unspecified atom stereocenters. The summed E-state index contributed by atoms with van der Waals surface area (Å²) >= 11 is 0. The van der Waals surface area contributed by atoms with Gasteiger partial charge < -0.3 is 24.4 Å². The molecule has 4 rings (SSSR count). The van der Waals surface area contributed by atoms with Crippen LogP contribution in [0.5, 0.6) is 0 Å². The topological polar surface area (TPSA) is 136 Å². The molecule has 0 spiro atoms. The number of hydrogen-bond donors (Lipinski definition) is 2. The molecule has 1 aromatic carbocycles. The summed E-state index contributed by atoms with van der Waals surface area (Å²) in [6, 6.07) is 8.27. The molecule has 9 nitrogen and oxygen atoms in total. The van der Waals surface area contributed by atoms with Gasteiger partial charge in [-0.25, -0.2) is 4.79 Å². The first-order chi connectivity index (χ1) is 18.6. The first kappa shape index (κ1) is 29.7. The smallest absolute Gasteiger partial charge is 0.338 e. The van der Waals surface area contributed by atoms with Crippen LogP contribution in [0.3, 0.4) is 0 Å². The van der Waals surface area contributed by atoms with E-state index in [0.717, 1.165) is 0 Å². The van der Waals surface area contributed by atoms with Gasteiger partial charge in [0.1, 0.15) is 12.2 Å². The standard InChI is InChI=1S/C31H38O9/c1-16-21(34)13-14-30(7)24(16)26(38-18(3)32)31(29(5,6)37)15-22(35)17(2)23(31)25(27(30)39-19(4)33)40-28(36)20-11-9-8-10-12-20/h8-12,21,24-27,34,37H,1,13-15H2,2-7H3/t21-,24-,25+,26-,27-,30+,31-/m0/s1. The van der Waals surface area contributed by atoms with E-state index in [1.165, 1.54) is 27.7 Å².